The molecule has 3 heteroatoms. The van der Waals surface area contributed by atoms with Gasteiger partial charge in [0.1, 0.15) is 6.17 Å². The van der Waals surface area contributed by atoms with Crippen LogP contribution < -0.4 is 5.32 Å². The van der Waals surface area contributed by atoms with E-state index < -0.39 is 0 Å². The molecule has 114 valence electrons. The molecule has 1 heterocycles. The molecular weight excluding hydrogens is 260 g/mol. The van der Waals surface area contributed by atoms with Crippen molar-refractivity contribution in [2.75, 3.05) is 6.54 Å². The molecule has 0 bridgehead atoms. The van der Waals surface area contributed by atoms with Crippen molar-refractivity contribution in [3.05, 3.63) is 34.9 Å². The molecule has 1 saturated heterocycles. The van der Waals surface area contributed by atoms with Crippen molar-refractivity contribution in [1.29, 1.82) is 0 Å². The highest BCUT2D eigenvalue weighted by atomic mass is 16.2. The zero-order valence-electron chi connectivity index (χ0n) is 13.5. The van der Waals surface area contributed by atoms with Gasteiger partial charge in [-0.1, -0.05) is 37.6 Å². The summed E-state index contributed by atoms with van der Waals surface area (Å²) in [5.74, 6) is 1.75. The van der Waals surface area contributed by atoms with Gasteiger partial charge in [0.15, 0.2) is 0 Å². The molecule has 1 aromatic rings. The van der Waals surface area contributed by atoms with Crippen LogP contribution in [0.3, 0.4) is 0 Å². The molecule has 4 unspecified atom stereocenters. The normalized spacial score (nSPS) is 31.8. The predicted octanol–water partition coefficient (Wildman–Crippen LogP) is 3.17. The van der Waals surface area contributed by atoms with Gasteiger partial charge in [-0.15, -0.1) is 0 Å². The second-order valence-corrected chi connectivity index (χ2v) is 6.85. The van der Waals surface area contributed by atoms with E-state index in [1.165, 1.54) is 23.1 Å². The van der Waals surface area contributed by atoms with Crippen molar-refractivity contribution >= 4 is 5.91 Å². The Kier molecular flexibility index (Phi) is 3.78. The van der Waals surface area contributed by atoms with Crippen LogP contribution in [0, 0.1) is 25.7 Å². The fraction of sp³-hybridized carbons (Fsp3) is 0.611. The Labute approximate surface area is 127 Å². The molecule has 1 saturated carbocycles. The lowest BCUT2D eigenvalue weighted by molar-refractivity contribution is -0.130. The van der Waals surface area contributed by atoms with Crippen molar-refractivity contribution in [3.63, 3.8) is 0 Å². The highest BCUT2D eigenvalue weighted by molar-refractivity contribution is 5.84. The first-order valence-corrected chi connectivity index (χ1v) is 8.15. The Bertz CT molecular complexity index is 554. The van der Waals surface area contributed by atoms with E-state index in [1.54, 1.807) is 0 Å². The fourth-order valence-electron chi connectivity index (χ4n) is 3.39. The zero-order chi connectivity index (χ0) is 15.1. The average molecular weight is 286 g/mol. The number of rotatable bonds is 4. The Hall–Kier alpha value is -1.35. The summed E-state index contributed by atoms with van der Waals surface area (Å²) in [6.45, 7) is 9.52. The Morgan fingerprint density at radius 2 is 2.05 bits per heavy atom. The molecule has 4 atom stereocenters. The summed E-state index contributed by atoms with van der Waals surface area (Å²) in [5, 5.41) is 3.55. The summed E-state index contributed by atoms with van der Waals surface area (Å²) >= 11 is 0. The number of aryl methyl sites for hydroxylation is 2. The number of amides is 1. The van der Waals surface area contributed by atoms with Crippen molar-refractivity contribution < 1.29 is 4.79 Å². The minimum absolute atomic E-state index is 0.0241. The van der Waals surface area contributed by atoms with E-state index in [0.717, 1.165) is 18.9 Å². The minimum atomic E-state index is -0.0241. The second kappa shape index (κ2) is 5.45. The SMILES string of the molecule is CCC1NC(c2cc(C)ccc2C)N(CC2CC2C)C1=O. The van der Waals surface area contributed by atoms with Crippen LogP contribution in [-0.4, -0.2) is 23.4 Å². The molecule has 21 heavy (non-hydrogen) atoms. The molecule has 1 N–H and O–H groups in total. The lowest BCUT2D eigenvalue weighted by Gasteiger charge is -2.26. The second-order valence-electron chi connectivity index (χ2n) is 6.85. The van der Waals surface area contributed by atoms with Gasteiger partial charge < -0.3 is 4.90 Å². The van der Waals surface area contributed by atoms with Crippen LogP contribution in [0.15, 0.2) is 18.2 Å². The Morgan fingerprint density at radius 1 is 1.33 bits per heavy atom. The first-order chi connectivity index (χ1) is 10.0. The quantitative estimate of drug-likeness (QED) is 0.922. The van der Waals surface area contributed by atoms with Crippen molar-refractivity contribution in [2.24, 2.45) is 11.8 Å². The Balaban J connectivity index is 1.90. The van der Waals surface area contributed by atoms with Crippen LogP contribution in [0.2, 0.25) is 0 Å². The number of nitrogens with zero attached hydrogens (tertiary/aromatic N) is 1. The molecular formula is C18H26N2O. The number of hydrogen-bond donors (Lipinski definition) is 1. The van der Waals surface area contributed by atoms with Gasteiger partial charge in [-0.3, -0.25) is 10.1 Å². The molecule has 2 aliphatic rings. The number of hydrogen-bond acceptors (Lipinski definition) is 2. The standard InChI is InChI=1S/C18H26N2O/c1-5-16-18(21)20(10-14-9-13(14)4)17(19-16)15-8-11(2)6-7-12(15)3/h6-8,13-14,16-17,19H,5,9-10H2,1-4H3. The molecule has 1 aliphatic heterocycles. The zero-order valence-corrected chi connectivity index (χ0v) is 13.5. The summed E-state index contributed by atoms with van der Waals surface area (Å²) in [6.07, 6.45) is 2.17. The maximum absolute atomic E-state index is 12.6. The van der Waals surface area contributed by atoms with Gasteiger partial charge in [0.25, 0.3) is 0 Å². The summed E-state index contributed by atoms with van der Waals surface area (Å²) in [7, 11) is 0. The third kappa shape index (κ3) is 2.71. The highest BCUT2D eigenvalue weighted by Crippen LogP contribution is 2.41. The lowest BCUT2D eigenvalue weighted by atomic mass is 10.0. The molecule has 2 fully saturated rings. The fourth-order valence-corrected chi connectivity index (χ4v) is 3.39. The number of nitrogens with one attached hydrogen (secondary N) is 1. The number of benzene rings is 1. The average Bonchev–Trinajstić information content (AvgIpc) is 3.06. The molecule has 0 spiro atoms. The molecule has 3 rings (SSSR count). The number of carbonyl (C=O) groups is 1. The van der Waals surface area contributed by atoms with E-state index in [9.17, 15) is 4.79 Å². The largest absolute Gasteiger partial charge is 0.321 e. The van der Waals surface area contributed by atoms with E-state index >= 15 is 0 Å². The van der Waals surface area contributed by atoms with Crippen LogP contribution in [0.5, 0.6) is 0 Å². The maximum atomic E-state index is 12.6. The van der Waals surface area contributed by atoms with Gasteiger partial charge in [-0.2, -0.15) is 0 Å². The highest BCUT2D eigenvalue weighted by Gasteiger charge is 2.43. The van der Waals surface area contributed by atoms with Gasteiger partial charge >= 0.3 is 0 Å². The van der Waals surface area contributed by atoms with E-state index in [1.807, 2.05) is 0 Å². The van der Waals surface area contributed by atoms with Gasteiger partial charge in [-0.25, -0.2) is 0 Å². The topological polar surface area (TPSA) is 32.3 Å². The minimum Gasteiger partial charge on any atom is -0.321 e. The van der Waals surface area contributed by atoms with Gasteiger partial charge in [0, 0.05) is 6.54 Å². The maximum Gasteiger partial charge on any atom is 0.241 e. The predicted molar refractivity (Wildman–Crippen MR) is 84.9 cm³/mol. The summed E-state index contributed by atoms with van der Waals surface area (Å²) in [6, 6.07) is 6.50. The number of carbonyl (C=O) groups excluding carboxylic acids is 1. The first kappa shape index (κ1) is 14.6. The summed E-state index contributed by atoms with van der Waals surface area (Å²) < 4.78 is 0. The van der Waals surface area contributed by atoms with Crippen LogP contribution in [0.1, 0.15) is 49.5 Å². The molecule has 3 nitrogen and oxygen atoms in total. The van der Waals surface area contributed by atoms with E-state index in [2.05, 4.69) is 56.1 Å². The van der Waals surface area contributed by atoms with Crippen LogP contribution >= 0.6 is 0 Å². The van der Waals surface area contributed by atoms with Crippen molar-refractivity contribution in [1.82, 2.24) is 10.2 Å². The van der Waals surface area contributed by atoms with Crippen molar-refractivity contribution in [2.45, 2.75) is 52.7 Å². The molecule has 1 aliphatic carbocycles. The summed E-state index contributed by atoms with van der Waals surface area (Å²) in [4.78, 5) is 14.7. The molecule has 1 aromatic carbocycles. The third-order valence-electron chi connectivity index (χ3n) is 5.10. The monoisotopic (exact) mass is 286 g/mol. The van der Waals surface area contributed by atoms with E-state index in [-0.39, 0.29) is 18.1 Å². The van der Waals surface area contributed by atoms with Crippen molar-refractivity contribution in [3.8, 4) is 0 Å². The molecule has 0 aromatic heterocycles. The van der Waals surface area contributed by atoms with Crippen LogP contribution in [0.25, 0.3) is 0 Å². The molecule has 1 amide bonds. The smallest absolute Gasteiger partial charge is 0.241 e. The van der Waals surface area contributed by atoms with E-state index in [4.69, 9.17) is 0 Å². The van der Waals surface area contributed by atoms with E-state index in [0.29, 0.717) is 5.92 Å². The lowest BCUT2D eigenvalue weighted by Crippen LogP contribution is -2.33. The van der Waals surface area contributed by atoms with Crippen LogP contribution in [0.4, 0.5) is 0 Å². The van der Waals surface area contributed by atoms with Gasteiger partial charge in [0.05, 0.1) is 6.04 Å². The Morgan fingerprint density at radius 3 is 2.67 bits per heavy atom. The van der Waals surface area contributed by atoms with Gasteiger partial charge in [0.2, 0.25) is 5.91 Å². The summed E-state index contributed by atoms with van der Waals surface area (Å²) in [5.41, 5.74) is 3.77. The first-order valence-electron chi connectivity index (χ1n) is 8.15. The van der Waals surface area contributed by atoms with Crippen LogP contribution in [-0.2, 0) is 4.79 Å². The molecule has 0 radical (unpaired) electrons. The third-order valence-corrected chi connectivity index (χ3v) is 5.10. The van der Waals surface area contributed by atoms with Gasteiger partial charge in [-0.05, 0) is 49.7 Å².